The molecule has 1 fully saturated rings. The minimum Gasteiger partial charge on any atom is -0.262 e. The van der Waals surface area contributed by atoms with Crippen molar-refractivity contribution in [2.75, 3.05) is 0 Å². The number of fused-ring (bicyclic) bond motifs is 1. The summed E-state index contributed by atoms with van der Waals surface area (Å²) in [6, 6.07) is 10.2. The molecule has 2 heterocycles. The van der Waals surface area contributed by atoms with Gasteiger partial charge >= 0.3 is 0 Å². The summed E-state index contributed by atoms with van der Waals surface area (Å²) in [4.78, 5) is 9.23. The molecule has 1 aliphatic carbocycles. The lowest BCUT2D eigenvalue weighted by molar-refractivity contribution is 0.429. The van der Waals surface area contributed by atoms with Crippen LogP contribution in [0.1, 0.15) is 43.8 Å². The molecule has 2 aromatic heterocycles. The molecule has 21 heavy (non-hydrogen) atoms. The standard InChI is InChI=1S/C17H18N4/c1-2-6-13(7-3-1)16-19-17(21-20-16)14-10-4-8-12-9-5-11-18-15(12)14/h4-5,8-11,13H,1-3,6-7H2,(H,19,20,21). The summed E-state index contributed by atoms with van der Waals surface area (Å²) in [5, 5.41) is 8.71. The highest BCUT2D eigenvalue weighted by molar-refractivity contribution is 5.91. The van der Waals surface area contributed by atoms with Crippen molar-refractivity contribution in [1.82, 2.24) is 20.2 Å². The largest absolute Gasteiger partial charge is 0.262 e. The third kappa shape index (κ3) is 2.31. The number of nitrogens with one attached hydrogen (secondary N) is 1. The van der Waals surface area contributed by atoms with Gasteiger partial charge < -0.3 is 0 Å². The smallest absolute Gasteiger partial charge is 0.183 e. The first-order chi connectivity index (χ1) is 10.4. The predicted octanol–water partition coefficient (Wildman–Crippen LogP) is 4.07. The number of pyridine rings is 1. The lowest BCUT2D eigenvalue weighted by Gasteiger charge is -2.18. The van der Waals surface area contributed by atoms with E-state index >= 15 is 0 Å². The van der Waals surface area contributed by atoms with Crippen molar-refractivity contribution >= 4 is 10.9 Å². The maximum absolute atomic E-state index is 4.75. The first-order valence-electron chi connectivity index (χ1n) is 7.68. The van der Waals surface area contributed by atoms with Crippen molar-refractivity contribution in [1.29, 1.82) is 0 Å². The van der Waals surface area contributed by atoms with Crippen LogP contribution >= 0.6 is 0 Å². The van der Waals surface area contributed by atoms with Gasteiger partial charge in [-0.25, -0.2) is 4.98 Å². The van der Waals surface area contributed by atoms with Gasteiger partial charge in [0.05, 0.1) is 5.52 Å². The Kier molecular flexibility index (Phi) is 3.14. The molecule has 0 unspecified atom stereocenters. The molecule has 106 valence electrons. The number of aromatic amines is 1. The Balaban J connectivity index is 1.74. The van der Waals surface area contributed by atoms with Crippen LogP contribution in [0, 0.1) is 0 Å². The topological polar surface area (TPSA) is 54.5 Å². The molecule has 1 saturated carbocycles. The van der Waals surface area contributed by atoms with Gasteiger partial charge in [-0.3, -0.25) is 10.1 Å². The monoisotopic (exact) mass is 278 g/mol. The molecule has 0 saturated heterocycles. The minimum absolute atomic E-state index is 0.544. The average molecular weight is 278 g/mol. The summed E-state index contributed by atoms with van der Waals surface area (Å²) >= 11 is 0. The second-order valence-corrected chi connectivity index (χ2v) is 5.76. The molecule has 0 spiro atoms. The Morgan fingerprint density at radius 1 is 1.00 bits per heavy atom. The third-order valence-electron chi connectivity index (χ3n) is 4.37. The van der Waals surface area contributed by atoms with Crippen LogP contribution in [-0.2, 0) is 0 Å². The van der Waals surface area contributed by atoms with Gasteiger partial charge in [-0.05, 0) is 25.0 Å². The normalized spacial score (nSPS) is 16.4. The van der Waals surface area contributed by atoms with Crippen molar-refractivity contribution in [2.24, 2.45) is 0 Å². The number of rotatable bonds is 2. The van der Waals surface area contributed by atoms with E-state index in [1.54, 1.807) is 0 Å². The number of nitrogens with zero attached hydrogens (tertiary/aromatic N) is 3. The fraction of sp³-hybridized carbons (Fsp3) is 0.353. The van der Waals surface area contributed by atoms with Crippen LogP contribution in [0.2, 0.25) is 0 Å². The molecule has 1 N–H and O–H groups in total. The van der Waals surface area contributed by atoms with E-state index in [1.807, 2.05) is 24.4 Å². The number of benzene rings is 1. The molecule has 4 nitrogen and oxygen atoms in total. The molecule has 4 rings (SSSR count). The summed E-state index contributed by atoms with van der Waals surface area (Å²) < 4.78 is 0. The number of hydrogen-bond acceptors (Lipinski definition) is 3. The second kappa shape index (κ2) is 5.28. The van der Waals surface area contributed by atoms with Gasteiger partial charge in [0.2, 0.25) is 0 Å². The summed E-state index contributed by atoms with van der Waals surface area (Å²) in [6.45, 7) is 0. The average Bonchev–Trinajstić information content (AvgIpc) is 3.05. The molecular weight excluding hydrogens is 260 g/mol. The second-order valence-electron chi connectivity index (χ2n) is 5.76. The van der Waals surface area contributed by atoms with Gasteiger partial charge in [0, 0.05) is 23.1 Å². The van der Waals surface area contributed by atoms with Crippen LogP contribution < -0.4 is 0 Å². The summed E-state index contributed by atoms with van der Waals surface area (Å²) in [6.07, 6.45) is 8.23. The number of H-pyrrole nitrogens is 1. The van der Waals surface area contributed by atoms with Gasteiger partial charge in [0.1, 0.15) is 5.82 Å². The molecule has 0 amide bonds. The lowest BCUT2D eigenvalue weighted by atomic mass is 9.89. The van der Waals surface area contributed by atoms with E-state index in [1.165, 1.54) is 32.1 Å². The van der Waals surface area contributed by atoms with E-state index in [-0.39, 0.29) is 0 Å². The molecule has 1 aromatic carbocycles. The van der Waals surface area contributed by atoms with Crippen LogP contribution in [0.3, 0.4) is 0 Å². The van der Waals surface area contributed by atoms with Crippen LogP contribution in [0.4, 0.5) is 0 Å². The van der Waals surface area contributed by atoms with Crippen LogP contribution in [-0.4, -0.2) is 20.2 Å². The first-order valence-corrected chi connectivity index (χ1v) is 7.68. The fourth-order valence-electron chi connectivity index (χ4n) is 3.24. The summed E-state index contributed by atoms with van der Waals surface area (Å²) in [7, 11) is 0. The number of para-hydroxylation sites is 1. The zero-order chi connectivity index (χ0) is 14.1. The van der Waals surface area contributed by atoms with Gasteiger partial charge in [-0.2, -0.15) is 5.10 Å². The molecule has 0 radical (unpaired) electrons. The van der Waals surface area contributed by atoms with Crippen LogP contribution in [0.5, 0.6) is 0 Å². The molecule has 0 aliphatic heterocycles. The highest BCUT2D eigenvalue weighted by Crippen LogP contribution is 2.32. The minimum atomic E-state index is 0.544. The van der Waals surface area contributed by atoms with E-state index in [0.717, 1.165) is 28.1 Å². The van der Waals surface area contributed by atoms with Crippen LogP contribution in [0.15, 0.2) is 36.5 Å². The highest BCUT2D eigenvalue weighted by Gasteiger charge is 2.20. The van der Waals surface area contributed by atoms with E-state index in [4.69, 9.17) is 4.98 Å². The Labute approximate surface area is 123 Å². The maximum Gasteiger partial charge on any atom is 0.183 e. The SMILES string of the molecule is c1cnc2c(-c3n[nH]c(C4CCCCC4)n3)cccc2c1. The van der Waals surface area contributed by atoms with E-state index in [2.05, 4.69) is 27.3 Å². The molecule has 0 atom stereocenters. The van der Waals surface area contributed by atoms with Gasteiger partial charge in [0.15, 0.2) is 5.82 Å². The van der Waals surface area contributed by atoms with Crippen LogP contribution in [0.25, 0.3) is 22.3 Å². The molecule has 1 aliphatic rings. The lowest BCUT2D eigenvalue weighted by Crippen LogP contribution is -2.06. The van der Waals surface area contributed by atoms with Crippen molar-refractivity contribution in [3.63, 3.8) is 0 Å². The van der Waals surface area contributed by atoms with Crippen molar-refractivity contribution in [2.45, 2.75) is 38.0 Å². The zero-order valence-electron chi connectivity index (χ0n) is 11.9. The first kappa shape index (κ1) is 12.5. The van der Waals surface area contributed by atoms with Crippen molar-refractivity contribution in [3.8, 4) is 11.4 Å². The molecule has 3 aromatic rings. The molecular formula is C17H18N4. The van der Waals surface area contributed by atoms with Crippen molar-refractivity contribution < 1.29 is 0 Å². The Hall–Kier alpha value is -2.23. The maximum atomic E-state index is 4.75. The summed E-state index contributed by atoms with van der Waals surface area (Å²) in [5.74, 6) is 2.35. The Morgan fingerprint density at radius 2 is 1.86 bits per heavy atom. The van der Waals surface area contributed by atoms with E-state index in [9.17, 15) is 0 Å². The van der Waals surface area contributed by atoms with Crippen molar-refractivity contribution in [3.05, 3.63) is 42.4 Å². The Bertz CT molecular complexity index is 751. The highest BCUT2D eigenvalue weighted by atomic mass is 15.2. The Morgan fingerprint density at radius 3 is 2.76 bits per heavy atom. The third-order valence-corrected chi connectivity index (χ3v) is 4.37. The van der Waals surface area contributed by atoms with Gasteiger partial charge in [-0.15, -0.1) is 0 Å². The van der Waals surface area contributed by atoms with E-state index < -0.39 is 0 Å². The number of aromatic nitrogens is 4. The zero-order valence-corrected chi connectivity index (χ0v) is 11.9. The number of hydrogen-bond donors (Lipinski definition) is 1. The predicted molar refractivity (Wildman–Crippen MR) is 82.9 cm³/mol. The quantitative estimate of drug-likeness (QED) is 0.768. The van der Waals surface area contributed by atoms with Gasteiger partial charge in [0.25, 0.3) is 0 Å². The fourth-order valence-corrected chi connectivity index (χ4v) is 3.24. The van der Waals surface area contributed by atoms with Gasteiger partial charge in [-0.1, -0.05) is 37.5 Å². The summed E-state index contributed by atoms with van der Waals surface area (Å²) in [5.41, 5.74) is 1.97. The van der Waals surface area contributed by atoms with E-state index in [0.29, 0.717) is 5.92 Å². The molecule has 4 heteroatoms. The molecule has 0 bridgehead atoms.